The van der Waals surface area contributed by atoms with Crippen LogP contribution in [0.15, 0.2) is 72.8 Å². The van der Waals surface area contributed by atoms with E-state index < -0.39 is 35.0 Å². The number of aromatic nitrogens is 2. The van der Waals surface area contributed by atoms with Crippen LogP contribution in [-0.4, -0.2) is 54.3 Å². The fourth-order valence-electron chi connectivity index (χ4n) is 3.37. The third-order valence-corrected chi connectivity index (χ3v) is 5.06. The van der Waals surface area contributed by atoms with Crippen molar-refractivity contribution < 1.29 is 104 Å². The van der Waals surface area contributed by atoms with E-state index in [-0.39, 0.29) is 89.0 Å². The fraction of sp³-hybridized carbons (Fsp3) is 0. The molecule has 0 radical (unpaired) electrons. The van der Waals surface area contributed by atoms with Crippen LogP contribution in [0.2, 0.25) is 0 Å². The van der Waals surface area contributed by atoms with Crippen molar-refractivity contribution in [3.63, 3.8) is 0 Å². The average molecular weight is 741 g/mol. The molecule has 0 amide bonds. The molecule has 0 unspecified atom stereocenters. The van der Waals surface area contributed by atoms with Crippen LogP contribution in [0.25, 0.3) is 11.4 Å². The predicted octanol–water partition coefficient (Wildman–Crippen LogP) is 4.52. The van der Waals surface area contributed by atoms with Crippen molar-refractivity contribution >= 4 is 23.9 Å². The Bertz CT molecular complexity index is 1490. The first-order valence-corrected chi connectivity index (χ1v) is 10.6. The van der Waals surface area contributed by atoms with E-state index >= 15 is 0 Å². The van der Waals surface area contributed by atoms with Crippen LogP contribution in [0.3, 0.4) is 0 Å². The van der Waals surface area contributed by atoms with Crippen LogP contribution in [-0.2, 0) is 54.6 Å². The van der Waals surface area contributed by atoms with Gasteiger partial charge >= 0.3 is 23.9 Å². The number of pyridine rings is 2. The molecule has 2 aromatic heterocycles. The number of nitrogens with zero attached hydrogens (tertiary/aromatic N) is 2. The van der Waals surface area contributed by atoms with Crippen LogP contribution >= 0.6 is 0 Å². The molecule has 0 bridgehead atoms. The van der Waals surface area contributed by atoms with Gasteiger partial charge in [0, 0.05) is 66.7 Å². The SMILES string of the molecule is O=C(O)c1ccc(Oc2cccc(-c3cccc(Oc4ccc(C(=O)O)c(C(=O)O)c4)n3)n2)cc1C(=O)O.[Cd].[Cd]. The smallest absolute Gasteiger partial charge is 0.336 e. The molecule has 0 aliphatic heterocycles. The minimum absolute atomic E-state index is 0. The molecular weight excluding hydrogens is 725 g/mol. The van der Waals surface area contributed by atoms with Crippen LogP contribution in [0.4, 0.5) is 0 Å². The Balaban J connectivity index is 0.00000280. The standard InChI is InChI=1S/C26H16N2O10.2Cd/c29-23(30)15-9-7-13(11-17(15)25(33)34)37-21-5-1-3-19(27-21)20-4-2-6-22(28-20)38-14-8-10-16(24(31)32)18(12-14)26(35)36;;/h1-12H,(H,29,30)(H,31,32)(H,33,34)(H,35,36);;. The van der Waals surface area contributed by atoms with Gasteiger partial charge in [-0.2, -0.15) is 0 Å². The van der Waals surface area contributed by atoms with Crippen molar-refractivity contribution in [2.75, 3.05) is 0 Å². The second kappa shape index (κ2) is 13.9. The molecule has 0 fully saturated rings. The predicted molar refractivity (Wildman–Crippen MR) is 128 cm³/mol. The molecule has 2 aromatic carbocycles. The van der Waals surface area contributed by atoms with Crippen LogP contribution in [0.5, 0.6) is 23.3 Å². The Labute approximate surface area is 265 Å². The summed E-state index contributed by atoms with van der Waals surface area (Å²) in [7, 11) is 0. The normalized spacial score (nSPS) is 9.90. The van der Waals surface area contributed by atoms with Crippen LogP contribution in [0, 0.1) is 0 Å². The molecule has 0 aliphatic rings. The summed E-state index contributed by atoms with van der Waals surface area (Å²) in [5, 5.41) is 36.9. The van der Waals surface area contributed by atoms with Gasteiger partial charge in [-0.15, -0.1) is 0 Å². The van der Waals surface area contributed by atoms with Gasteiger partial charge in [-0.3, -0.25) is 0 Å². The molecular formula is C26H16Cd2N2O10. The first-order chi connectivity index (χ1) is 18.1. The van der Waals surface area contributed by atoms with Crippen LogP contribution in [0.1, 0.15) is 41.4 Å². The molecule has 2 heterocycles. The number of hydrogen-bond donors (Lipinski definition) is 4. The van der Waals surface area contributed by atoms with E-state index in [1.807, 2.05) is 0 Å². The Hall–Kier alpha value is -3.94. The van der Waals surface area contributed by atoms with E-state index in [1.54, 1.807) is 24.3 Å². The molecule has 0 saturated heterocycles. The Morgan fingerprint density at radius 2 is 0.850 bits per heavy atom. The van der Waals surface area contributed by atoms with Crippen molar-refractivity contribution in [1.82, 2.24) is 9.97 Å². The number of carboxylic acids is 4. The first kappa shape index (κ1) is 32.3. The molecule has 0 atom stereocenters. The molecule has 0 spiro atoms. The second-order valence-corrected chi connectivity index (χ2v) is 7.56. The Morgan fingerprint density at radius 3 is 1.18 bits per heavy atom. The molecule has 0 aliphatic carbocycles. The summed E-state index contributed by atoms with van der Waals surface area (Å²) in [6, 6.07) is 16.5. The number of benzene rings is 2. The summed E-state index contributed by atoms with van der Waals surface area (Å²) >= 11 is 0. The van der Waals surface area contributed by atoms with E-state index in [2.05, 4.69) is 9.97 Å². The van der Waals surface area contributed by atoms with E-state index in [1.165, 1.54) is 24.3 Å². The van der Waals surface area contributed by atoms with Gasteiger partial charge in [0.15, 0.2) is 0 Å². The maximum absolute atomic E-state index is 11.4. The molecule has 194 valence electrons. The third kappa shape index (κ3) is 7.59. The van der Waals surface area contributed by atoms with Gasteiger partial charge < -0.3 is 29.9 Å². The molecule has 14 heteroatoms. The quantitative estimate of drug-likeness (QED) is 0.176. The molecule has 12 nitrogen and oxygen atoms in total. The van der Waals surface area contributed by atoms with Gasteiger partial charge in [-0.25, -0.2) is 29.1 Å². The van der Waals surface area contributed by atoms with E-state index in [9.17, 15) is 29.4 Å². The van der Waals surface area contributed by atoms with Crippen molar-refractivity contribution in [2.24, 2.45) is 0 Å². The third-order valence-electron chi connectivity index (χ3n) is 5.06. The van der Waals surface area contributed by atoms with Gasteiger partial charge in [0.2, 0.25) is 11.8 Å². The number of hydrogen-bond acceptors (Lipinski definition) is 8. The van der Waals surface area contributed by atoms with Gasteiger partial charge in [0.05, 0.1) is 33.6 Å². The second-order valence-electron chi connectivity index (χ2n) is 7.56. The average Bonchev–Trinajstić information content (AvgIpc) is 2.88. The summed E-state index contributed by atoms with van der Waals surface area (Å²) in [5.74, 6) is -5.37. The van der Waals surface area contributed by atoms with Crippen molar-refractivity contribution in [3.05, 3.63) is 95.1 Å². The Kier molecular flexibility index (Phi) is 11.2. The zero-order chi connectivity index (χ0) is 27.4. The topological polar surface area (TPSA) is 193 Å². The molecule has 0 saturated carbocycles. The fourth-order valence-corrected chi connectivity index (χ4v) is 3.37. The molecule has 4 N–H and O–H groups in total. The monoisotopic (exact) mass is 744 g/mol. The summed E-state index contributed by atoms with van der Waals surface area (Å²) in [5.41, 5.74) is -0.969. The first-order valence-electron chi connectivity index (χ1n) is 10.6. The van der Waals surface area contributed by atoms with Crippen molar-refractivity contribution in [3.8, 4) is 34.6 Å². The zero-order valence-electron chi connectivity index (χ0n) is 20.5. The van der Waals surface area contributed by atoms with E-state index in [0.29, 0.717) is 11.4 Å². The van der Waals surface area contributed by atoms with Gasteiger partial charge in [-0.1, -0.05) is 12.1 Å². The molecule has 4 rings (SSSR count). The summed E-state index contributed by atoms with van der Waals surface area (Å²) < 4.78 is 11.3. The molecule has 4 aromatic rings. The van der Waals surface area contributed by atoms with Crippen LogP contribution < -0.4 is 9.47 Å². The largest absolute Gasteiger partial charge is 0.478 e. The number of carbonyl (C=O) groups is 4. The maximum Gasteiger partial charge on any atom is 0.336 e. The number of aromatic carboxylic acids is 4. The van der Waals surface area contributed by atoms with E-state index in [0.717, 1.165) is 24.3 Å². The zero-order valence-corrected chi connectivity index (χ0v) is 28.5. The molecule has 40 heavy (non-hydrogen) atoms. The summed E-state index contributed by atoms with van der Waals surface area (Å²) in [6.45, 7) is 0. The van der Waals surface area contributed by atoms with E-state index in [4.69, 9.17) is 19.7 Å². The summed E-state index contributed by atoms with van der Waals surface area (Å²) in [4.78, 5) is 54.0. The van der Waals surface area contributed by atoms with Gasteiger partial charge in [0.1, 0.15) is 11.5 Å². The minimum Gasteiger partial charge on any atom is -0.478 e. The van der Waals surface area contributed by atoms with Crippen molar-refractivity contribution in [1.29, 1.82) is 0 Å². The maximum atomic E-state index is 11.4. The van der Waals surface area contributed by atoms with Crippen molar-refractivity contribution in [2.45, 2.75) is 0 Å². The number of rotatable bonds is 9. The summed E-state index contributed by atoms with van der Waals surface area (Å²) in [6.07, 6.45) is 0. The number of carboxylic acid groups (broad SMARTS) is 4. The Morgan fingerprint density at radius 1 is 0.500 bits per heavy atom. The number of ether oxygens (including phenoxy) is 2. The minimum atomic E-state index is -1.43. The van der Waals surface area contributed by atoms with Gasteiger partial charge in [-0.05, 0) is 48.5 Å². The van der Waals surface area contributed by atoms with Gasteiger partial charge in [0.25, 0.3) is 0 Å².